The van der Waals surface area contributed by atoms with E-state index in [0.717, 1.165) is 31.7 Å². The van der Waals surface area contributed by atoms with Crippen LogP contribution in [0, 0.1) is 0 Å². The average Bonchev–Trinajstić information content (AvgIpc) is 3.20. The smallest absolute Gasteiger partial charge is 0.142 e. The van der Waals surface area contributed by atoms with Crippen LogP contribution in [0.1, 0.15) is 37.2 Å². The van der Waals surface area contributed by atoms with Gasteiger partial charge < -0.3 is 20.5 Å². The van der Waals surface area contributed by atoms with Gasteiger partial charge in [0.2, 0.25) is 0 Å². The van der Waals surface area contributed by atoms with Crippen molar-refractivity contribution in [2.24, 2.45) is 0 Å². The number of hydrogen-bond acceptors (Lipinski definition) is 6. The Hall–Kier alpha value is -0.850. The van der Waals surface area contributed by atoms with Crippen LogP contribution in [0.2, 0.25) is 0 Å². The molecule has 1 aromatic heterocycles. The molecule has 2 fully saturated rings. The zero-order chi connectivity index (χ0) is 13.2. The van der Waals surface area contributed by atoms with E-state index in [9.17, 15) is 0 Å². The van der Waals surface area contributed by atoms with Gasteiger partial charge in [0.1, 0.15) is 10.8 Å². The molecule has 0 bridgehead atoms. The zero-order valence-corrected chi connectivity index (χ0v) is 11.9. The van der Waals surface area contributed by atoms with Crippen LogP contribution < -0.4 is 10.6 Å². The number of aromatic nitrogens is 1. The van der Waals surface area contributed by atoms with Crippen molar-refractivity contribution < 1.29 is 9.84 Å². The van der Waals surface area contributed by atoms with Crippen molar-refractivity contribution >= 4 is 22.4 Å². The molecule has 106 valence electrons. The molecule has 1 saturated heterocycles. The van der Waals surface area contributed by atoms with Crippen molar-refractivity contribution in [2.75, 3.05) is 36.9 Å². The van der Waals surface area contributed by atoms with Crippen LogP contribution >= 0.6 is 11.5 Å². The predicted octanol–water partition coefficient (Wildman–Crippen LogP) is 1.58. The lowest BCUT2D eigenvalue weighted by atomic mass is 10.1. The molecule has 1 aliphatic carbocycles. The summed E-state index contributed by atoms with van der Waals surface area (Å²) in [6.07, 6.45) is 4.83. The maximum atomic E-state index is 8.78. The lowest BCUT2D eigenvalue weighted by molar-refractivity contribution is 0.0159. The van der Waals surface area contributed by atoms with Gasteiger partial charge in [0.25, 0.3) is 0 Å². The van der Waals surface area contributed by atoms with Gasteiger partial charge in [-0.1, -0.05) is 0 Å². The van der Waals surface area contributed by atoms with Gasteiger partial charge >= 0.3 is 0 Å². The summed E-state index contributed by atoms with van der Waals surface area (Å²) < 4.78 is 9.93. The predicted molar refractivity (Wildman–Crippen MR) is 76.8 cm³/mol. The van der Waals surface area contributed by atoms with E-state index in [-0.39, 0.29) is 12.7 Å². The summed E-state index contributed by atoms with van der Waals surface area (Å²) in [7, 11) is 0. The number of nitrogens with zero attached hydrogens (tertiary/aromatic N) is 2. The maximum absolute atomic E-state index is 8.78. The Bertz CT molecular complexity index is 426. The minimum Gasteiger partial charge on any atom is -0.394 e. The van der Waals surface area contributed by atoms with E-state index in [4.69, 9.17) is 15.6 Å². The fourth-order valence-electron chi connectivity index (χ4n) is 2.73. The maximum Gasteiger partial charge on any atom is 0.142 e. The topological polar surface area (TPSA) is 71.6 Å². The zero-order valence-electron chi connectivity index (χ0n) is 11.0. The minimum absolute atomic E-state index is 0.109. The molecule has 0 spiro atoms. The van der Waals surface area contributed by atoms with E-state index in [1.165, 1.54) is 23.4 Å². The number of rotatable bonds is 5. The fourth-order valence-corrected chi connectivity index (χ4v) is 3.68. The fraction of sp³-hybridized carbons (Fsp3) is 0.769. The highest BCUT2D eigenvalue weighted by Crippen LogP contribution is 2.49. The summed E-state index contributed by atoms with van der Waals surface area (Å²) in [4.78, 5) is 2.40. The molecular weight excluding hydrogens is 262 g/mol. The van der Waals surface area contributed by atoms with Gasteiger partial charge in [-0.3, -0.25) is 0 Å². The molecule has 6 heteroatoms. The van der Waals surface area contributed by atoms with Gasteiger partial charge in [-0.05, 0) is 43.1 Å². The lowest BCUT2D eigenvalue weighted by Crippen LogP contribution is -2.37. The number of ether oxygens (including phenoxy) is 1. The number of hydrogen-bond donors (Lipinski definition) is 2. The summed E-state index contributed by atoms with van der Waals surface area (Å²) in [5.41, 5.74) is 7.29. The second-order valence-corrected chi connectivity index (χ2v) is 6.09. The number of aliphatic hydroxyl groups is 1. The molecule has 3 N–H and O–H groups in total. The van der Waals surface area contributed by atoms with Crippen LogP contribution in [-0.4, -0.2) is 41.9 Å². The molecule has 0 aromatic carbocycles. The van der Waals surface area contributed by atoms with Gasteiger partial charge in [-0.2, -0.15) is 4.37 Å². The Kier molecular flexibility index (Phi) is 3.91. The standard InChI is InChI=1S/C13H21N3O2S/c14-12-11(9-1-2-9)13(19-15-12)16-5-3-10(4-6-16)18-8-7-17/h9-10,17H,1-8H2,(H2,14,15). The highest BCUT2D eigenvalue weighted by atomic mass is 32.1. The van der Waals surface area contributed by atoms with E-state index >= 15 is 0 Å². The molecule has 19 heavy (non-hydrogen) atoms. The highest BCUT2D eigenvalue weighted by Gasteiger charge is 2.33. The third kappa shape index (κ3) is 2.85. The molecule has 3 rings (SSSR count). The monoisotopic (exact) mass is 283 g/mol. The van der Waals surface area contributed by atoms with Crippen LogP contribution in [0.5, 0.6) is 0 Å². The quantitative estimate of drug-likeness (QED) is 0.858. The van der Waals surface area contributed by atoms with Gasteiger partial charge in [0.15, 0.2) is 0 Å². The molecule has 1 aliphatic heterocycles. The van der Waals surface area contributed by atoms with E-state index in [0.29, 0.717) is 12.5 Å². The lowest BCUT2D eigenvalue weighted by Gasteiger charge is -2.32. The van der Waals surface area contributed by atoms with Gasteiger partial charge in [0, 0.05) is 18.7 Å². The molecule has 2 heterocycles. The number of anilines is 2. The molecule has 0 atom stereocenters. The summed E-state index contributed by atoms with van der Waals surface area (Å²) in [5.74, 6) is 1.39. The Balaban J connectivity index is 1.62. The van der Waals surface area contributed by atoms with Crippen molar-refractivity contribution in [3.8, 4) is 0 Å². The van der Waals surface area contributed by atoms with Gasteiger partial charge in [-0.15, -0.1) is 0 Å². The number of nitrogen functional groups attached to an aromatic ring is 1. The van der Waals surface area contributed by atoms with E-state index in [1.54, 1.807) is 11.5 Å². The molecule has 5 nitrogen and oxygen atoms in total. The molecule has 0 unspecified atom stereocenters. The van der Waals surface area contributed by atoms with Crippen LogP contribution in [0.25, 0.3) is 0 Å². The number of nitrogens with two attached hydrogens (primary N) is 1. The number of aliphatic hydroxyl groups excluding tert-OH is 1. The van der Waals surface area contributed by atoms with Crippen LogP contribution in [0.3, 0.4) is 0 Å². The van der Waals surface area contributed by atoms with Crippen molar-refractivity contribution in [3.05, 3.63) is 5.56 Å². The highest BCUT2D eigenvalue weighted by molar-refractivity contribution is 7.10. The van der Waals surface area contributed by atoms with E-state index in [1.807, 2.05) is 0 Å². The van der Waals surface area contributed by atoms with Crippen molar-refractivity contribution in [2.45, 2.75) is 37.7 Å². The summed E-state index contributed by atoms with van der Waals surface area (Å²) in [6.45, 7) is 2.55. The largest absolute Gasteiger partial charge is 0.394 e. The van der Waals surface area contributed by atoms with Crippen molar-refractivity contribution in [1.82, 2.24) is 4.37 Å². The molecule has 0 amide bonds. The first kappa shape index (κ1) is 13.1. The van der Waals surface area contributed by atoms with Crippen LogP contribution in [0.4, 0.5) is 10.8 Å². The summed E-state index contributed by atoms with van der Waals surface area (Å²) in [5, 5.41) is 10.1. The van der Waals surface area contributed by atoms with Crippen LogP contribution in [0.15, 0.2) is 0 Å². The first-order valence-corrected chi connectivity index (χ1v) is 7.79. The van der Waals surface area contributed by atoms with Gasteiger partial charge in [-0.25, -0.2) is 0 Å². The summed E-state index contributed by atoms with van der Waals surface area (Å²) in [6, 6.07) is 0. The Labute approximate surface area is 117 Å². The SMILES string of the molecule is Nc1nsc(N2CCC(OCCO)CC2)c1C1CC1. The minimum atomic E-state index is 0.109. The summed E-state index contributed by atoms with van der Waals surface area (Å²) >= 11 is 1.54. The third-order valence-corrected chi connectivity index (χ3v) is 4.84. The molecule has 1 aromatic rings. The number of piperidine rings is 1. The van der Waals surface area contributed by atoms with E-state index in [2.05, 4.69) is 9.27 Å². The van der Waals surface area contributed by atoms with Crippen molar-refractivity contribution in [1.29, 1.82) is 0 Å². The first-order chi connectivity index (χ1) is 9.29. The van der Waals surface area contributed by atoms with Crippen molar-refractivity contribution in [3.63, 3.8) is 0 Å². The normalized spacial score (nSPS) is 21.0. The molecule has 1 saturated carbocycles. The van der Waals surface area contributed by atoms with Crippen LogP contribution in [-0.2, 0) is 4.74 Å². The second-order valence-electron chi connectivity index (χ2n) is 5.34. The molecule has 0 radical (unpaired) electrons. The average molecular weight is 283 g/mol. The van der Waals surface area contributed by atoms with Gasteiger partial charge in [0.05, 0.1) is 19.3 Å². The molecule has 2 aliphatic rings. The first-order valence-electron chi connectivity index (χ1n) is 7.02. The second kappa shape index (κ2) is 5.64. The third-order valence-electron chi connectivity index (χ3n) is 3.90. The molecular formula is C13H21N3O2S. The Morgan fingerprint density at radius 2 is 2.05 bits per heavy atom. The Morgan fingerprint density at radius 1 is 1.32 bits per heavy atom. The van der Waals surface area contributed by atoms with E-state index < -0.39 is 0 Å². The Morgan fingerprint density at radius 3 is 2.68 bits per heavy atom.